The number of para-hydroxylation sites is 2. The molecule has 188 valence electrons. The fourth-order valence-corrected chi connectivity index (χ4v) is 6.92. The van der Waals surface area contributed by atoms with Gasteiger partial charge in [0.25, 0.3) is 0 Å². The van der Waals surface area contributed by atoms with Crippen LogP contribution in [-0.2, 0) is 21.2 Å². The number of aromatic amines is 1. The van der Waals surface area contributed by atoms with Crippen LogP contribution in [0, 0.1) is 0 Å². The number of fused-ring (bicyclic) bond motifs is 2. The topological polar surface area (TPSA) is 126 Å². The van der Waals surface area contributed by atoms with Crippen LogP contribution in [0.2, 0.25) is 0 Å². The molecule has 9 nitrogen and oxygen atoms in total. The van der Waals surface area contributed by atoms with E-state index in [1.807, 2.05) is 54.6 Å². The molecular formula is C26H23N5O4S2. The van der Waals surface area contributed by atoms with E-state index in [0.717, 1.165) is 43.5 Å². The van der Waals surface area contributed by atoms with Gasteiger partial charge in [0.05, 0.1) is 40.8 Å². The molecule has 1 fully saturated rings. The number of carbonyl (C=O) groups excluding carboxylic acids is 1. The molecule has 11 heteroatoms. The largest absolute Gasteiger partial charge is 0.497 e. The molecule has 3 heterocycles. The van der Waals surface area contributed by atoms with Crippen LogP contribution >= 0.6 is 11.3 Å². The number of hydrogen-bond donors (Lipinski definition) is 3. The Balaban J connectivity index is 1.31. The van der Waals surface area contributed by atoms with E-state index in [2.05, 4.69) is 15.0 Å². The highest BCUT2D eigenvalue weighted by Gasteiger charge is 2.37. The maximum absolute atomic E-state index is 12.3. The summed E-state index contributed by atoms with van der Waals surface area (Å²) in [6, 6.07) is 20.8. The highest BCUT2D eigenvalue weighted by molar-refractivity contribution is 7.90. The number of thiazole rings is 1. The summed E-state index contributed by atoms with van der Waals surface area (Å²) in [4.78, 5) is 24.6. The number of H-pyrrole nitrogens is 1. The summed E-state index contributed by atoms with van der Waals surface area (Å²) in [5.41, 5.74) is 4.27. The third kappa shape index (κ3) is 4.63. The number of aromatic nitrogens is 3. The zero-order chi connectivity index (χ0) is 25.6. The molecule has 1 saturated heterocycles. The van der Waals surface area contributed by atoms with Crippen LogP contribution in [0.1, 0.15) is 34.7 Å². The Morgan fingerprint density at radius 1 is 1.08 bits per heavy atom. The van der Waals surface area contributed by atoms with Crippen molar-refractivity contribution in [3.63, 3.8) is 0 Å². The molecule has 6 rings (SSSR count). The second-order valence-electron chi connectivity index (χ2n) is 8.90. The average molecular weight is 534 g/mol. The zero-order valence-electron chi connectivity index (χ0n) is 19.8. The van der Waals surface area contributed by atoms with E-state index in [-0.39, 0.29) is 12.5 Å². The number of hydrogen-bond acceptors (Lipinski definition) is 8. The summed E-state index contributed by atoms with van der Waals surface area (Å²) in [5.74, 6) is 1.07. The number of imidazole rings is 1. The van der Waals surface area contributed by atoms with E-state index in [1.165, 1.54) is 11.3 Å². The molecule has 5 aromatic rings. The lowest BCUT2D eigenvalue weighted by Crippen LogP contribution is -2.21. The van der Waals surface area contributed by atoms with Crippen molar-refractivity contribution in [2.45, 2.75) is 24.1 Å². The van der Waals surface area contributed by atoms with Gasteiger partial charge in [0.15, 0.2) is 5.13 Å². The molecule has 2 atom stereocenters. The van der Waals surface area contributed by atoms with E-state index in [9.17, 15) is 13.2 Å². The number of nitrogens with zero attached hydrogens (tertiary/aromatic N) is 2. The minimum absolute atomic E-state index is 0.0623. The Labute approximate surface area is 217 Å². The summed E-state index contributed by atoms with van der Waals surface area (Å²) in [7, 11) is -2.04. The number of sulfonamides is 1. The number of benzene rings is 3. The van der Waals surface area contributed by atoms with Crippen LogP contribution in [0.15, 0.2) is 66.7 Å². The van der Waals surface area contributed by atoms with Gasteiger partial charge < -0.3 is 15.0 Å². The predicted molar refractivity (Wildman–Crippen MR) is 143 cm³/mol. The second kappa shape index (κ2) is 9.16. The fraction of sp³-hybridized carbons (Fsp3) is 0.192. The van der Waals surface area contributed by atoms with E-state index >= 15 is 0 Å². The average Bonchev–Trinajstić information content (AvgIpc) is 3.57. The lowest BCUT2D eigenvalue weighted by atomic mass is 10.0. The molecule has 1 aliphatic rings. The van der Waals surface area contributed by atoms with Crippen molar-refractivity contribution < 1.29 is 17.9 Å². The quantitative estimate of drug-likeness (QED) is 0.282. The Morgan fingerprint density at radius 3 is 2.62 bits per heavy atom. The first kappa shape index (κ1) is 23.4. The molecule has 0 spiro atoms. The third-order valence-corrected chi connectivity index (χ3v) is 9.07. The lowest BCUT2D eigenvalue weighted by molar-refractivity contribution is -0.118. The SMILES string of the molecule is COc1ccc2nc(N[C@@H](Cc3ccc(C4CC(=O)NS4(=O)=O)cc3)c3nc4ccccc4[nH]3)sc2c1. The Hall–Kier alpha value is -3.96. The maximum atomic E-state index is 12.3. The van der Waals surface area contributed by atoms with Gasteiger partial charge in [-0.05, 0) is 47.9 Å². The van der Waals surface area contributed by atoms with Gasteiger partial charge in [0, 0.05) is 0 Å². The smallest absolute Gasteiger partial charge is 0.242 e. The van der Waals surface area contributed by atoms with Crippen LogP contribution in [0.5, 0.6) is 5.75 Å². The van der Waals surface area contributed by atoms with Gasteiger partial charge in [-0.3, -0.25) is 9.52 Å². The summed E-state index contributed by atoms with van der Waals surface area (Å²) < 4.78 is 32.9. The number of ether oxygens (including phenoxy) is 1. The summed E-state index contributed by atoms with van der Waals surface area (Å²) in [6.07, 6.45) is 0.515. The van der Waals surface area contributed by atoms with Gasteiger partial charge in [-0.2, -0.15) is 0 Å². The summed E-state index contributed by atoms with van der Waals surface area (Å²) >= 11 is 1.54. The van der Waals surface area contributed by atoms with E-state index < -0.39 is 21.2 Å². The Morgan fingerprint density at radius 2 is 1.89 bits per heavy atom. The summed E-state index contributed by atoms with van der Waals surface area (Å²) in [5, 5.41) is 3.44. The standard InChI is InChI=1S/C26H23N5O4S2/c1-35-17-10-11-20-22(13-17)36-26(29-20)30-21(25-27-18-4-2-3-5-19(18)28-25)12-15-6-8-16(9-7-15)23-14-24(32)31-37(23,33)34/h2-11,13,21,23H,12,14H2,1H3,(H,27,28)(H,29,30)(H,31,32)/t21-,23?/m0/s1. The molecule has 37 heavy (non-hydrogen) atoms. The lowest BCUT2D eigenvalue weighted by Gasteiger charge is -2.17. The normalized spacial score (nSPS) is 17.6. The highest BCUT2D eigenvalue weighted by Crippen LogP contribution is 2.33. The molecule has 1 amide bonds. The number of amides is 1. The molecule has 1 aliphatic heterocycles. The fourth-order valence-electron chi connectivity index (χ4n) is 4.55. The van der Waals surface area contributed by atoms with Gasteiger partial charge in [-0.15, -0.1) is 0 Å². The zero-order valence-corrected chi connectivity index (χ0v) is 21.4. The Bertz CT molecular complexity index is 1690. The molecule has 1 unspecified atom stereocenters. The van der Waals surface area contributed by atoms with Crippen molar-refractivity contribution in [3.05, 3.63) is 83.7 Å². The van der Waals surface area contributed by atoms with E-state index in [1.54, 1.807) is 19.2 Å². The first-order chi connectivity index (χ1) is 17.9. The van der Waals surface area contributed by atoms with Crippen molar-refractivity contribution in [1.29, 1.82) is 0 Å². The molecule has 0 radical (unpaired) electrons. The molecule has 3 N–H and O–H groups in total. The molecule has 0 aliphatic carbocycles. The highest BCUT2D eigenvalue weighted by atomic mass is 32.2. The van der Waals surface area contributed by atoms with Crippen molar-refractivity contribution in [3.8, 4) is 5.75 Å². The molecule has 3 aromatic carbocycles. The monoisotopic (exact) mass is 533 g/mol. The number of carbonyl (C=O) groups is 1. The van der Waals surface area contributed by atoms with Crippen LogP contribution < -0.4 is 14.8 Å². The van der Waals surface area contributed by atoms with Crippen LogP contribution in [0.3, 0.4) is 0 Å². The number of methoxy groups -OCH3 is 1. The minimum Gasteiger partial charge on any atom is -0.497 e. The first-order valence-electron chi connectivity index (χ1n) is 11.7. The van der Waals surface area contributed by atoms with Gasteiger partial charge >= 0.3 is 0 Å². The molecular weight excluding hydrogens is 510 g/mol. The van der Waals surface area contributed by atoms with Crippen LogP contribution in [-0.4, -0.2) is 36.4 Å². The number of anilines is 1. The third-order valence-electron chi connectivity index (χ3n) is 6.42. The Kier molecular flexibility index (Phi) is 5.81. The van der Waals surface area contributed by atoms with Crippen LogP contribution in [0.4, 0.5) is 5.13 Å². The second-order valence-corrected chi connectivity index (χ2v) is 11.8. The first-order valence-corrected chi connectivity index (χ1v) is 14.0. The molecule has 2 aromatic heterocycles. The van der Waals surface area contributed by atoms with Gasteiger partial charge in [-0.1, -0.05) is 47.7 Å². The van der Waals surface area contributed by atoms with Crippen molar-refractivity contribution in [2.24, 2.45) is 0 Å². The van der Waals surface area contributed by atoms with Gasteiger partial charge in [0.1, 0.15) is 16.8 Å². The van der Waals surface area contributed by atoms with E-state index in [0.29, 0.717) is 12.0 Å². The summed E-state index contributed by atoms with van der Waals surface area (Å²) in [6.45, 7) is 0. The van der Waals surface area contributed by atoms with Gasteiger partial charge in [-0.25, -0.2) is 18.4 Å². The number of nitrogens with one attached hydrogen (secondary N) is 3. The van der Waals surface area contributed by atoms with Crippen molar-refractivity contribution >= 4 is 53.6 Å². The van der Waals surface area contributed by atoms with Crippen LogP contribution in [0.25, 0.3) is 21.3 Å². The predicted octanol–water partition coefficient (Wildman–Crippen LogP) is 4.47. The maximum Gasteiger partial charge on any atom is 0.242 e. The van der Waals surface area contributed by atoms with Crippen molar-refractivity contribution in [1.82, 2.24) is 19.7 Å². The van der Waals surface area contributed by atoms with Gasteiger partial charge in [0.2, 0.25) is 15.9 Å². The molecule has 0 saturated carbocycles. The number of rotatable bonds is 7. The van der Waals surface area contributed by atoms with E-state index in [4.69, 9.17) is 14.7 Å². The molecule has 0 bridgehead atoms. The van der Waals surface area contributed by atoms with Crippen molar-refractivity contribution in [2.75, 3.05) is 12.4 Å². The minimum atomic E-state index is -3.68.